The number of unbranched alkanes of at least 4 members (excludes halogenated alkanes) is 1. The van der Waals surface area contributed by atoms with Crippen LogP contribution in [0.5, 0.6) is 0 Å². The van der Waals surface area contributed by atoms with Gasteiger partial charge in [0.2, 0.25) is 0 Å². The van der Waals surface area contributed by atoms with Gasteiger partial charge in [-0.2, -0.15) is 0 Å². The van der Waals surface area contributed by atoms with E-state index in [-0.39, 0.29) is 6.04 Å². The van der Waals surface area contributed by atoms with Gasteiger partial charge >= 0.3 is 5.97 Å². The third kappa shape index (κ3) is 1.78. The summed E-state index contributed by atoms with van der Waals surface area (Å²) in [4.78, 5) is 13.2. The Hall–Kier alpha value is -0.570. The van der Waals surface area contributed by atoms with Crippen molar-refractivity contribution in [2.45, 2.75) is 45.1 Å². The van der Waals surface area contributed by atoms with E-state index in [1.165, 1.54) is 12.8 Å². The lowest BCUT2D eigenvalue weighted by Gasteiger charge is -2.43. The third-order valence-electron chi connectivity index (χ3n) is 3.59. The fourth-order valence-corrected chi connectivity index (χ4v) is 2.39. The molecule has 0 amide bonds. The highest BCUT2D eigenvalue weighted by Gasteiger charge is 2.54. The fraction of sp³-hybridized carbons (Fsp3) is 0.909. The van der Waals surface area contributed by atoms with Crippen LogP contribution in [-0.2, 0) is 4.79 Å². The van der Waals surface area contributed by atoms with Crippen LogP contribution < -0.4 is 0 Å². The summed E-state index contributed by atoms with van der Waals surface area (Å²) in [6, 6.07) is -0.207. The standard InChI is InChI=1S/C11H19NO2/c1-2-3-4-9(10(13)14)12-7-11(8-12)5-6-11/h9H,2-8H2,1H3,(H,13,14). The molecule has 0 bridgehead atoms. The molecule has 1 unspecified atom stereocenters. The molecule has 1 N–H and O–H groups in total. The molecule has 2 aliphatic rings. The lowest BCUT2D eigenvalue weighted by molar-refractivity contribution is -0.147. The second kappa shape index (κ2) is 3.54. The van der Waals surface area contributed by atoms with Crippen LogP contribution in [0.25, 0.3) is 0 Å². The fourth-order valence-electron chi connectivity index (χ4n) is 2.39. The van der Waals surface area contributed by atoms with Gasteiger partial charge in [0.05, 0.1) is 0 Å². The van der Waals surface area contributed by atoms with Crippen LogP contribution in [0.3, 0.4) is 0 Å². The van der Waals surface area contributed by atoms with Crippen molar-refractivity contribution >= 4 is 5.97 Å². The Morgan fingerprint density at radius 2 is 2.14 bits per heavy atom. The molecule has 3 nitrogen and oxygen atoms in total. The molecular weight excluding hydrogens is 178 g/mol. The number of rotatable bonds is 5. The first-order valence-corrected chi connectivity index (χ1v) is 5.64. The van der Waals surface area contributed by atoms with E-state index in [2.05, 4.69) is 11.8 Å². The summed E-state index contributed by atoms with van der Waals surface area (Å²) in [6.07, 6.45) is 5.58. The maximum Gasteiger partial charge on any atom is 0.320 e. The Kier molecular flexibility index (Phi) is 2.52. The molecule has 0 aromatic rings. The molecule has 1 aliphatic carbocycles. The number of nitrogens with zero attached hydrogens (tertiary/aromatic N) is 1. The summed E-state index contributed by atoms with van der Waals surface area (Å²) < 4.78 is 0. The Morgan fingerprint density at radius 3 is 2.57 bits per heavy atom. The van der Waals surface area contributed by atoms with Gasteiger partial charge in [-0.1, -0.05) is 19.8 Å². The molecular formula is C11H19NO2. The third-order valence-corrected chi connectivity index (χ3v) is 3.59. The molecule has 1 heterocycles. The van der Waals surface area contributed by atoms with E-state index < -0.39 is 5.97 Å². The highest BCUT2D eigenvalue weighted by atomic mass is 16.4. The lowest BCUT2D eigenvalue weighted by atomic mass is 9.93. The highest BCUT2D eigenvalue weighted by Crippen LogP contribution is 2.53. The highest BCUT2D eigenvalue weighted by molar-refractivity contribution is 5.73. The van der Waals surface area contributed by atoms with Gasteiger partial charge in [-0.05, 0) is 24.7 Å². The predicted molar refractivity (Wildman–Crippen MR) is 54.2 cm³/mol. The molecule has 1 aliphatic heterocycles. The Bertz CT molecular complexity index is 227. The largest absolute Gasteiger partial charge is 0.480 e. The maximum atomic E-state index is 11.0. The second-order valence-corrected chi connectivity index (χ2v) is 4.90. The van der Waals surface area contributed by atoms with Crippen molar-refractivity contribution in [1.29, 1.82) is 0 Å². The molecule has 2 rings (SSSR count). The van der Waals surface area contributed by atoms with Gasteiger partial charge in [0.15, 0.2) is 0 Å². The number of carboxylic acids is 1. The van der Waals surface area contributed by atoms with Crippen LogP contribution in [0, 0.1) is 5.41 Å². The zero-order valence-electron chi connectivity index (χ0n) is 8.83. The van der Waals surface area contributed by atoms with E-state index in [1.54, 1.807) is 0 Å². The molecule has 3 heteroatoms. The minimum atomic E-state index is -0.631. The Labute approximate surface area is 85.1 Å². The van der Waals surface area contributed by atoms with Gasteiger partial charge in [0.1, 0.15) is 6.04 Å². The van der Waals surface area contributed by atoms with Gasteiger partial charge in [-0.25, -0.2) is 0 Å². The topological polar surface area (TPSA) is 40.5 Å². The van der Waals surface area contributed by atoms with Crippen LogP contribution in [0.2, 0.25) is 0 Å². The molecule has 1 saturated heterocycles. The lowest BCUT2D eigenvalue weighted by Crippen LogP contribution is -2.56. The van der Waals surface area contributed by atoms with Crippen molar-refractivity contribution in [3.63, 3.8) is 0 Å². The zero-order chi connectivity index (χ0) is 10.2. The van der Waals surface area contributed by atoms with Gasteiger partial charge in [-0.15, -0.1) is 0 Å². The summed E-state index contributed by atoms with van der Waals surface area (Å²) in [5.41, 5.74) is 0.569. The van der Waals surface area contributed by atoms with E-state index in [0.717, 1.165) is 32.4 Å². The van der Waals surface area contributed by atoms with Crippen molar-refractivity contribution < 1.29 is 9.90 Å². The van der Waals surface area contributed by atoms with Crippen molar-refractivity contribution in [2.24, 2.45) is 5.41 Å². The summed E-state index contributed by atoms with van der Waals surface area (Å²) >= 11 is 0. The number of likely N-dealkylation sites (tertiary alicyclic amines) is 1. The summed E-state index contributed by atoms with van der Waals surface area (Å²) in [5.74, 6) is -0.631. The first-order chi connectivity index (χ1) is 6.67. The second-order valence-electron chi connectivity index (χ2n) is 4.90. The first-order valence-electron chi connectivity index (χ1n) is 5.64. The van der Waals surface area contributed by atoms with Gasteiger partial charge < -0.3 is 5.11 Å². The summed E-state index contributed by atoms with van der Waals surface area (Å²) in [6.45, 7) is 4.18. The maximum absolute atomic E-state index is 11.0. The normalized spacial score (nSPS) is 25.8. The van der Waals surface area contributed by atoms with Crippen LogP contribution >= 0.6 is 0 Å². The van der Waals surface area contributed by atoms with Gasteiger partial charge in [0.25, 0.3) is 0 Å². The van der Waals surface area contributed by atoms with Crippen LogP contribution in [0.15, 0.2) is 0 Å². The van der Waals surface area contributed by atoms with E-state index >= 15 is 0 Å². The van der Waals surface area contributed by atoms with Crippen molar-refractivity contribution in [3.05, 3.63) is 0 Å². The van der Waals surface area contributed by atoms with Crippen LogP contribution in [0.1, 0.15) is 39.0 Å². The molecule has 1 spiro atoms. The van der Waals surface area contributed by atoms with E-state index in [9.17, 15) is 4.79 Å². The smallest absolute Gasteiger partial charge is 0.320 e. The van der Waals surface area contributed by atoms with E-state index in [0.29, 0.717) is 5.41 Å². The molecule has 2 fully saturated rings. The first kappa shape index (κ1) is 9.97. The molecule has 1 atom stereocenters. The number of carbonyl (C=O) groups is 1. The average Bonchev–Trinajstić information content (AvgIpc) is 2.83. The average molecular weight is 197 g/mol. The SMILES string of the molecule is CCCCC(C(=O)O)N1CC2(CC2)C1. The number of hydrogen-bond donors (Lipinski definition) is 1. The van der Waals surface area contributed by atoms with Crippen molar-refractivity contribution in [2.75, 3.05) is 13.1 Å². The molecule has 1 saturated carbocycles. The monoisotopic (exact) mass is 197 g/mol. The summed E-state index contributed by atoms with van der Waals surface area (Å²) in [7, 11) is 0. The van der Waals surface area contributed by atoms with Crippen molar-refractivity contribution in [3.8, 4) is 0 Å². The molecule has 14 heavy (non-hydrogen) atoms. The van der Waals surface area contributed by atoms with E-state index in [1.807, 2.05) is 0 Å². The molecule has 0 radical (unpaired) electrons. The minimum Gasteiger partial charge on any atom is -0.480 e. The molecule has 80 valence electrons. The number of aliphatic carboxylic acids is 1. The molecule has 0 aromatic heterocycles. The molecule has 0 aromatic carbocycles. The van der Waals surface area contributed by atoms with Gasteiger partial charge in [0, 0.05) is 13.1 Å². The van der Waals surface area contributed by atoms with Crippen molar-refractivity contribution in [1.82, 2.24) is 4.90 Å². The zero-order valence-corrected chi connectivity index (χ0v) is 8.83. The van der Waals surface area contributed by atoms with Crippen LogP contribution in [0.4, 0.5) is 0 Å². The van der Waals surface area contributed by atoms with E-state index in [4.69, 9.17) is 5.11 Å². The Morgan fingerprint density at radius 1 is 1.50 bits per heavy atom. The summed E-state index contributed by atoms with van der Waals surface area (Å²) in [5, 5.41) is 9.08. The quantitative estimate of drug-likeness (QED) is 0.729. The predicted octanol–water partition coefficient (Wildman–Crippen LogP) is 1.73. The number of carboxylic acid groups (broad SMARTS) is 1. The Balaban J connectivity index is 1.81. The van der Waals surface area contributed by atoms with Crippen LogP contribution in [-0.4, -0.2) is 35.1 Å². The minimum absolute atomic E-state index is 0.207. The number of hydrogen-bond acceptors (Lipinski definition) is 2. The van der Waals surface area contributed by atoms with Gasteiger partial charge in [-0.3, -0.25) is 9.69 Å².